The van der Waals surface area contributed by atoms with E-state index in [1.807, 2.05) is 18.2 Å². The van der Waals surface area contributed by atoms with Crippen LogP contribution in [0.15, 0.2) is 64.2 Å². The maximum Gasteiger partial charge on any atom is 0.162 e. The van der Waals surface area contributed by atoms with E-state index in [-0.39, 0.29) is 0 Å². The van der Waals surface area contributed by atoms with Crippen molar-refractivity contribution < 1.29 is 14.7 Å². The van der Waals surface area contributed by atoms with Gasteiger partial charge in [-0.15, -0.1) is 0 Å². The molecule has 0 amide bonds. The molecule has 0 fully saturated rings. The van der Waals surface area contributed by atoms with Crippen LogP contribution in [0.25, 0.3) is 10.8 Å². The number of ether oxygens (including phenoxy) is 2. The summed E-state index contributed by atoms with van der Waals surface area (Å²) in [6.07, 6.45) is 1.33. The molecule has 3 aromatic carbocycles. The summed E-state index contributed by atoms with van der Waals surface area (Å²) < 4.78 is 12.1. The van der Waals surface area contributed by atoms with Gasteiger partial charge in [-0.3, -0.25) is 0 Å². The lowest BCUT2D eigenvalue weighted by atomic mass is 10.1. The smallest absolute Gasteiger partial charge is 0.162 e. The molecule has 0 saturated carbocycles. The second kappa shape index (κ2) is 7.36. The number of benzene rings is 3. The number of nitrogens with zero attached hydrogens (tertiary/aromatic N) is 1. The molecule has 24 heavy (non-hydrogen) atoms. The molecule has 0 unspecified atom stereocenters. The van der Waals surface area contributed by atoms with Gasteiger partial charge in [-0.25, -0.2) is 0 Å². The zero-order chi connectivity index (χ0) is 16.9. The number of halogens is 1. The molecule has 0 bridgehead atoms. The third-order valence-corrected chi connectivity index (χ3v) is 4.43. The van der Waals surface area contributed by atoms with Crippen LogP contribution in [0.1, 0.15) is 11.1 Å². The minimum Gasteiger partial charge on any atom is -0.493 e. The van der Waals surface area contributed by atoms with Crippen molar-refractivity contribution in [1.29, 1.82) is 0 Å². The third-order valence-electron chi connectivity index (χ3n) is 3.74. The van der Waals surface area contributed by atoms with Gasteiger partial charge in [0.2, 0.25) is 0 Å². The SMILES string of the molecule is COc1cc(/C=N\O)c(Br)cc1OCc1cccc2ccccc12. The molecule has 0 aliphatic heterocycles. The molecule has 3 aromatic rings. The second-order valence-corrected chi connectivity index (χ2v) is 6.05. The lowest BCUT2D eigenvalue weighted by Gasteiger charge is -2.13. The molecule has 4 nitrogen and oxygen atoms in total. The molecule has 0 radical (unpaired) electrons. The summed E-state index contributed by atoms with van der Waals surface area (Å²) in [7, 11) is 1.58. The monoisotopic (exact) mass is 385 g/mol. The van der Waals surface area contributed by atoms with Crippen molar-refractivity contribution in [2.45, 2.75) is 6.61 Å². The van der Waals surface area contributed by atoms with Crippen LogP contribution in [0.3, 0.4) is 0 Å². The summed E-state index contributed by atoms with van der Waals surface area (Å²) in [5.41, 5.74) is 1.80. The highest BCUT2D eigenvalue weighted by Crippen LogP contribution is 2.34. The molecule has 0 saturated heterocycles. The Morgan fingerprint density at radius 1 is 1.08 bits per heavy atom. The molecule has 3 rings (SSSR count). The van der Waals surface area contributed by atoms with Crippen molar-refractivity contribution in [3.63, 3.8) is 0 Å². The molecular formula is C19H16BrNO3. The van der Waals surface area contributed by atoms with Gasteiger partial charge in [-0.2, -0.15) is 0 Å². The minimum absolute atomic E-state index is 0.428. The number of oxime groups is 1. The number of methoxy groups -OCH3 is 1. The van der Waals surface area contributed by atoms with E-state index < -0.39 is 0 Å². The quantitative estimate of drug-likeness (QED) is 0.382. The number of hydrogen-bond donors (Lipinski definition) is 1. The van der Waals surface area contributed by atoms with Crippen LogP contribution in [0.5, 0.6) is 11.5 Å². The van der Waals surface area contributed by atoms with Crippen LogP contribution in [-0.4, -0.2) is 18.5 Å². The fourth-order valence-corrected chi connectivity index (χ4v) is 2.98. The highest BCUT2D eigenvalue weighted by molar-refractivity contribution is 9.10. The van der Waals surface area contributed by atoms with Crippen LogP contribution in [0.2, 0.25) is 0 Å². The highest BCUT2D eigenvalue weighted by Gasteiger charge is 2.10. The van der Waals surface area contributed by atoms with Crippen molar-refractivity contribution in [2.75, 3.05) is 7.11 Å². The molecular weight excluding hydrogens is 370 g/mol. The summed E-state index contributed by atoms with van der Waals surface area (Å²) in [6.45, 7) is 0.428. The van der Waals surface area contributed by atoms with E-state index in [0.29, 0.717) is 23.7 Å². The van der Waals surface area contributed by atoms with Gasteiger partial charge in [-0.05, 0) is 44.4 Å². The first kappa shape index (κ1) is 16.3. The average Bonchev–Trinajstić information content (AvgIpc) is 2.62. The Morgan fingerprint density at radius 3 is 2.67 bits per heavy atom. The fourth-order valence-electron chi connectivity index (χ4n) is 2.56. The van der Waals surface area contributed by atoms with Crippen LogP contribution in [0, 0.1) is 0 Å². The van der Waals surface area contributed by atoms with Gasteiger partial charge in [0.15, 0.2) is 11.5 Å². The topological polar surface area (TPSA) is 51.0 Å². The number of hydrogen-bond acceptors (Lipinski definition) is 4. The van der Waals surface area contributed by atoms with Crippen molar-refractivity contribution in [3.8, 4) is 11.5 Å². The first-order valence-electron chi connectivity index (χ1n) is 7.37. The third kappa shape index (κ3) is 3.36. The van der Waals surface area contributed by atoms with Gasteiger partial charge < -0.3 is 14.7 Å². The maximum absolute atomic E-state index is 8.71. The van der Waals surface area contributed by atoms with Gasteiger partial charge in [0.25, 0.3) is 0 Å². The summed E-state index contributed by atoms with van der Waals surface area (Å²) in [6, 6.07) is 17.9. The van der Waals surface area contributed by atoms with Gasteiger partial charge in [0.1, 0.15) is 6.61 Å². The molecule has 0 heterocycles. The van der Waals surface area contributed by atoms with E-state index in [1.165, 1.54) is 17.0 Å². The van der Waals surface area contributed by atoms with Crippen LogP contribution in [-0.2, 0) is 6.61 Å². The minimum atomic E-state index is 0.428. The van der Waals surface area contributed by atoms with E-state index in [9.17, 15) is 0 Å². The molecule has 122 valence electrons. The predicted molar refractivity (Wildman–Crippen MR) is 98.4 cm³/mol. The summed E-state index contributed by atoms with van der Waals surface area (Å²) in [5.74, 6) is 1.20. The fraction of sp³-hybridized carbons (Fsp3) is 0.105. The first-order chi connectivity index (χ1) is 11.7. The van der Waals surface area contributed by atoms with Crippen molar-refractivity contribution in [3.05, 3.63) is 70.2 Å². The zero-order valence-electron chi connectivity index (χ0n) is 13.1. The molecule has 5 heteroatoms. The molecule has 1 N–H and O–H groups in total. The summed E-state index contributed by atoms with van der Waals surface area (Å²) >= 11 is 3.44. The Morgan fingerprint density at radius 2 is 1.88 bits per heavy atom. The lowest BCUT2D eigenvalue weighted by molar-refractivity contribution is 0.285. The van der Waals surface area contributed by atoms with Gasteiger partial charge in [0, 0.05) is 10.0 Å². The number of rotatable bonds is 5. The van der Waals surface area contributed by atoms with Crippen LogP contribution < -0.4 is 9.47 Å². The van der Waals surface area contributed by atoms with Gasteiger partial charge in [-0.1, -0.05) is 47.6 Å². The molecule has 0 spiro atoms. The van der Waals surface area contributed by atoms with E-state index in [2.05, 4.69) is 45.4 Å². The Balaban J connectivity index is 1.90. The summed E-state index contributed by atoms with van der Waals surface area (Å²) in [5, 5.41) is 14.1. The maximum atomic E-state index is 8.71. The second-order valence-electron chi connectivity index (χ2n) is 5.20. The van der Waals surface area contributed by atoms with Crippen LogP contribution in [0.4, 0.5) is 0 Å². The van der Waals surface area contributed by atoms with E-state index >= 15 is 0 Å². The molecule has 0 aliphatic rings. The zero-order valence-corrected chi connectivity index (χ0v) is 14.7. The molecule has 0 aromatic heterocycles. The largest absolute Gasteiger partial charge is 0.493 e. The van der Waals surface area contributed by atoms with E-state index in [0.717, 1.165) is 10.0 Å². The van der Waals surface area contributed by atoms with Crippen molar-refractivity contribution >= 4 is 32.9 Å². The van der Waals surface area contributed by atoms with Crippen molar-refractivity contribution in [2.24, 2.45) is 5.16 Å². The highest BCUT2D eigenvalue weighted by atomic mass is 79.9. The van der Waals surface area contributed by atoms with Gasteiger partial charge >= 0.3 is 0 Å². The van der Waals surface area contributed by atoms with Gasteiger partial charge in [0.05, 0.1) is 13.3 Å². The van der Waals surface area contributed by atoms with E-state index in [1.54, 1.807) is 19.2 Å². The lowest BCUT2D eigenvalue weighted by Crippen LogP contribution is -2.00. The Kier molecular flexibility index (Phi) is 5.01. The molecule has 0 aliphatic carbocycles. The average molecular weight is 386 g/mol. The Hall–Kier alpha value is -2.53. The normalized spacial score (nSPS) is 11.1. The predicted octanol–water partition coefficient (Wildman–Crippen LogP) is 5.00. The molecule has 0 atom stereocenters. The van der Waals surface area contributed by atoms with Crippen LogP contribution >= 0.6 is 15.9 Å². The Bertz CT molecular complexity index is 888. The summed E-state index contributed by atoms with van der Waals surface area (Å²) in [4.78, 5) is 0. The first-order valence-corrected chi connectivity index (χ1v) is 8.16. The standard InChI is InChI=1S/C19H16BrNO3/c1-23-18-9-15(11-21-22)17(20)10-19(18)24-12-14-7-4-6-13-5-2-3-8-16(13)14/h2-11,22H,12H2,1H3/b21-11-. The number of fused-ring (bicyclic) bond motifs is 1. The van der Waals surface area contributed by atoms with E-state index in [4.69, 9.17) is 14.7 Å². The Labute approximate surface area is 148 Å². The van der Waals surface area contributed by atoms with Crippen molar-refractivity contribution in [1.82, 2.24) is 0 Å².